The molecule has 0 bridgehead atoms. The molecule has 0 aliphatic rings. The van der Waals surface area contributed by atoms with Crippen molar-refractivity contribution in [3.05, 3.63) is 57.5 Å². The van der Waals surface area contributed by atoms with Crippen molar-refractivity contribution in [1.82, 2.24) is 9.55 Å². The average Bonchev–Trinajstić information content (AvgIpc) is 2.77. The molecule has 0 fully saturated rings. The summed E-state index contributed by atoms with van der Waals surface area (Å²) in [7, 11) is 0. The van der Waals surface area contributed by atoms with E-state index in [0.717, 1.165) is 5.69 Å². The van der Waals surface area contributed by atoms with Gasteiger partial charge in [0.1, 0.15) is 11.6 Å². The van der Waals surface area contributed by atoms with Gasteiger partial charge in [0, 0.05) is 6.07 Å². The van der Waals surface area contributed by atoms with Crippen LogP contribution in [0.5, 0.6) is 0 Å². The van der Waals surface area contributed by atoms with Crippen molar-refractivity contribution in [2.24, 2.45) is 0 Å². The minimum atomic E-state index is -0.355. The Kier molecular flexibility index (Phi) is 3.71. The van der Waals surface area contributed by atoms with Crippen molar-refractivity contribution >= 4 is 50.2 Å². The van der Waals surface area contributed by atoms with Gasteiger partial charge < -0.3 is 0 Å². The summed E-state index contributed by atoms with van der Waals surface area (Å²) in [5, 5.41) is 0.557. The highest BCUT2D eigenvalue weighted by Crippen LogP contribution is 2.30. The minimum absolute atomic E-state index is 0.207. The lowest BCUT2D eigenvalue weighted by Gasteiger charge is -2.09. The highest BCUT2D eigenvalue weighted by atomic mass is 79.9. The van der Waals surface area contributed by atoms with Crippen molar-refractivity contribution < 1.29 is 4.39 Å². The number of alkyl halides is 1. The fourth-order valence-electron chi connectivity index (χ4n) is 2.11. The van der Waals surface area contributed by atoms with E-state index in [1.54, 1.807) is 16.7 Å². The lowest BCUT2D eigenvalue weighted by Crippen LogP contribution is -2.00. The Hall–Kier alpha value is -1.10. The molecule has 0 amide bonds. The first kappa shape index (κ1) is 13.9. The number of hydrogen-bond donors (Lipinski definition) is 0. The van der Waals surface area contributed by atoms with Crippen molar-refractivity contribution in [3.63, 3.8) is 0 Å². The molecule has 3 rings (SSSR count). The summed E-state index contributed by atoms with van der Waals surface area (Å²) in [6.45, 7) is 0. The van der Waals surface area contributed by atoms with Crippen molar-refractivity contribution in [2.75, 3.05) is 0 Å². The maximum absolute atomic E-state index is 13.8. The van der Waals surface area contributed by atoms with E-state index >= 15 is 0 Å². The van der Waals surface area contributed by atoms with Gasteiger partial charge in [-0.3, -0.25) is 4.57 Å². The van der Waals surface area contributed by atoms with Gasteiger partial charge in [-0.25, -0.2) is 9.37 Å². The summed E-state index contributed by atoms with van der Waals surface area (Å²) in [4.78, 5) is 4.43. The largest absolute Gasteiger partial charge is 0.294 e. The predicted molar refractivity (Wildman–Crippen MR) is 83.3 cm³/mol. The highest BCUT2D eigenvalue weighted by Gasteiger charge is 2.15. The summed E-state index contributed by atoms with van der Waals surface area (Å²) in [6, 6.07) is 10.4. The van der Waals surface area contributed by atoms with E-state index in [4.69, 9.17) is 23.2 Å². The van der Waals surface area contributed by atoms with Crippen LogP contribution in [0, 0.1) is 5.82 Å². The van der Waals surface area contributed by atoms with Crippen molar-refractivity contribution in [1.29, 1.82) is 0 Å². The normalized spacial score (nSPS) is 11.2. The van der Waals surface area contributed by atoms with Crippen LogP contribution in [0.25, 0.3) is 16.7 Å². The summed E-state index contributed by atoms with van der Waals surface area (Å²) >= 11 is 15.3. The highest BCUT2D eigenvalue weighted by molar-refractivity contribution is 9.10. The van der Waals surface area contributed by atoms with Gasteiger partial charge in [-0.1, -0.05) is 23.7 Å². The summed E-state index contributed by atoms with van der Waals surface area (Å²) in [5.74, 6) is 0.471. The maximum atomic E-state index is 13.8. The van der Waals surface area contributed by atoms with Gasteiger partial charge in [-0.15, -0.1) is 11.6 Å². The number of benzene rings is 2. The standard InChI is InChI=1S/C14H8BrCl2FN2/c15-8-5-11-13(6-10(8)18)20(14(7-16)19-11)12-4-2-1-3-9(12)17/h1-6H,7H2. The first-order valence-electron chi connectivity index (χ1n) is 5.79. The number of halogens is 4. The summed E-state index contributed by atoms with van der Waals surface area (Å²) in [6.07, 6.45) is 0. The predicted octanol–water partition coefficient (Wildman–Crippen LogP) is 5.32. The molecule has 102 valence electrons. The number of fused-ring (bicyclic) bond motifs is 1. The third-order valence-electron chi connectivity index (χ3n) is 2.98. The molecule has 0 saturated carbocycles. The molecule has 2 nitrogen and oxygen atoms in total. The van der Waals surface area contributed by atoms with Crippen LogP contribution in [0.4, 0.5) is 4.39 Å². The second kappa shape index (κ2) is 5.35. The van der Waals surface area contributed by atoms with E-state index in [1.807, 2.05) is 18.2 Å². The smallest absolute Gasteiger partial charge is 0.139 e. The molecule has 6 heteroatoms. The van der Waals surface area contributed by atoms with E-state index < -0.39 is 0 Å². The van der Waals surface area contributed by atoms with Crippen LogP contribution in [0.3, 0.4) is 0 Å². The molecule has 3 aromatic rings. The molecule has 0 radical (unpaired) electrons. The molecule has 0 saturated heterocycles. The van der Waals surface area contributed by atoms with Crippen molar-refractivity contribution in [2.45, 2.75) is 5.88 Å². The Morgan fingerprint density at radius 3 is 2.70 bits per heavy atom. The maximum Gasteiger partial charge on any atom is 0.139 e. The van der Waals surface area contributed by atoms with Crippen LogP contribution in [0.2, 0.25) is 5.02 Å². The molecule has 0 unspecified atom stereocenters. The molecule has 2 aromatic carbocycles. The molecule has 0 atom stereocenters. The van der Waals surface area contributed by atoms with Gasteiger partial charge in [-0.2, -0.15) is 0 Å². The monoisotopic (exact) mass is 372 g/mol. The van der Waals surface area contributed by atoms with E-state index in [-0.39, 0.29) is 11.7 Å². The van der Waals surface area contributed by atoms with Gasteiger partial charge >= 0.3 is 0 Å². The Balaban J connectivity index is 2.39. The summed E-state index contributed by atoms with van der Waals surface area (Å²) in [5.41, 5.74) is 2.03. The van der Waals surface area contributed by atoms with Crippen molar-refractivity contribution in [3.8, 4) is 5.69 Å². The van der Waals surface area contributed by atoms with Gasteiger partial charge in [0.25, 0.3) is 0 Å². The minimum Gasteiger partial charge on any atom is -0.294 e. The van der Waals surface area contributed by atoms with Crippen LogP contribution in [-0.4, -0.2) is 9.55 Å². The lowest BCUT2D eigenvalue weighted by molar-refractivity contribution is 0.622. The average molecular weight is 374 g/mol. The Bertz CT molecular complexity index is 801. The SMILES string of the molecule is Fc1cc2c(cc1Br)nc(CCl)n2-c1ccccc1Cl. The fourth-order valence-corrected chi connectivity index (χ4v) is 2.84. The molecule has 0 aliphatic carbocycles. The van der Waals surface area contributed by atoms with Crippen LogP contribution in [0.1, 0.15) is 5.82 Å². The molecule has 1 aromatic heterocycles. The zero-order valence-electron chi connectivity index (χ0n) is 10.1. The van der Waals surface area contributed by atoms with Gasteiger partial charge in [0.2, 0.25) is 0 Å². The first-order valence-corrected chi connectivity index (χ1v) is 7.49. The zero-order chi connectivity index (χ0) is 14.3. The first-order chi connectivity index (χ1) is 9.61. The van der Waals surface area contributed by atoms with E-state index in [9.17, 15) is 4.39 Å². The third kappa shape index (κ3) is 2.22. The van der Waals surface area contributed by atoms with Crippen LogP contribution in [0.15, 0.2) is 40.9 Å². The molecule has 20 heavy (non-hydrogen) atoms. The number of para-hydroxylation sites is 1. The van der Waals surface area contributed by atoms with Crippen LogP contribution < -0.4 is 0 Å². The molecule has 1 heterocycles. The topological polar surface area (TPSA) is 17.8 Å². The fraction of sp³-hybridized carbons (Fsp3) is 0.0714. The Morgan fingerprint density at radius 1 is 1.25 bits per heavy atom. The van der Waals surface area contributed by atoms with Gasteiger partial charge in [0.05, 0.1) is 32.1 Å². The van der Waals surface area contributed by atoms with E-state index in [2.05, 4.69) is 20.9 Å². The van der Waals surface area contributed by atoms with Crippen LogP contribution in [-0.2, 0) is 5.88 Å². The number of aromatic nitrogens is 2. The Labute approximate surface area is 133 Å². The second-order valence-electron chi connectivity index (χ2n) is 4.20. The van der Waals surface area contributed by atoms with E-state index in [0.29, 0.717) is 26.4 Å². The molecule has 0 aliphatic heterocycles. The number of imidazole rings is 1. The lowest BCUT2D eigenvalue weighted by atomic mass is 10.2. The number of rotatable bonds is 2. The van der Waals surface area contributed by atoms with Gasteiger partial charge in [0.15, 0.2) is 0 Å². The number of nitrogens with zero attached hydrogens (tertiary/aromatic N) is 2. The second-order valence-corrected chi connectivity index (χ2v) is 5.73. The van der Waals surface area contributed by atoms with Gasteiger partial charge in [-0.05, 0) is 34.1 Å². The quantitative estimate of drug-likeness (QED) is 0.556. The van der Waals surface area contributed by atoms with E-state index in [1.165, 1.54) is 6.07 Å². The molecular weight excluding hydrogens is 366 g/mol. The Morgan fingerprint density at radius 2 is 2.00 bits per heavy atom. The summed E-state index contributed by atoms with van der Waals surface area (Å²) < 4.78 is 16.0. The van der Waals surface area contributed by atoms with Crippen LogP contribution >= 0.6 is 39.1 Å². The zero-order valence-corrected chi connectivity index (χ0v) is 13.2. The number of hydrogen-bond acceptors (Lipinski definition) is 1. The molecule has 0 spiro atoms. The molecular formula is C14H8BrCl2FN2. The molecule has 0 N–H and O–H groups in total. The third-order valence-corrected chi connectivity index (χ3v) is 4.15.